The molecule has 1 aliphatic rings. The zero-order chi connectivity index (χ0) is 18.9. The lowest BCUT2D eigenvalue weighted by molar-refractivity contribution is -0.132. The van der Waals surface area contributed by atoms with E-state index in [0.29, 0.717) is 12.6 Å². The Kier molecular flexibility index (Phi) is 5.54. The highest BCUT2D eigenvalue weighted by atomic mass is 32.1. The average molecular weight is 371 g/mol. The SMILES string of the molecule is CC(C)NCC(=O)N1CCc2sccc2C1c1ccc(C(C)(C)C)cc1. The summed E-state index contributed by atoms with van der Waals surface area (Å²) >= 11 is 1.81. The molecule has 0 aliphatic carbocycles. The number of fused-ring (bicyclic) bond motifs is 1. The van der Waals surface area contributed by atoms with Crippen molar-refractivity contribution in [3.8, 4) is 0 Å². The molecule has 1 aromatic heterocycles. The van der Waals surface area contributed by atoms with Gasteiger partial charge in [0.1, 0.15) is 0 Å². The summed E-state index contributed by atoms with van der Waals surface area (Å²) in [7, 11) is 0. The summed E-state index contributed by atoms with van der Waals surface area (Å²) in [4.78, 5) is 16.4. The largest absolute Gasteiger partial charge is 0.330 e. The number of benzene rings is 1. The number of carbonyl (C=O) groups is 1. The van der Waals surface area contributed by atoms with Crippen molar-refractivity contribution in [1.29, 1.82) is 0 Å². The van der Waals surface area contributed by atoms with Gasteiger partial charge in [-0.3, -0.25) is 4.79 Å². The van der Waals surface area contributed by atoms with E-state index < -0.39 is 0 Å². The molecular formula is C22H30N2OS. The van der Waals surface area contributed by atoms with Gasteiger partial charge in [0.05, 0.1) is 12.6 Å². The number of nitrogens with one attached hydrogen (secondary N) is 1. The van der Waals surface area contributed by atoms with Crippen LogP contribution in [0.25, 0.3) is 0 Å². The van der Waals surface area contributed by atoms with Crippen molar-refractivity contribution in [3.05, 3.63) is 57.3 Å². The first-order valence-corrected chi connectivity index (χ1v) is 10.3. The number of rotatable bonds is 4. The van der Waals surface area contributed by atoms with Gasteiger partial charge in [0.25, 0.3) is 0 Å². The second-order valence-corrected chi connectivity index (χ2v) is 9.45. The lowest BCUT2D eigenvalue weighted by atomic mass is 9.85. The van der Waals surface area contributed by atoms with E-state index >= 15 is 0 Å². The van der Waals surface area contributed by atoms with Crippen LogP contribution in [0.3, 0.4) is 0 Å². The number of carbonyl (C=O) groups excluding carboxylic acids is 1. The molecule has 26 heavy (non-hydrogen) atoms. The number of amides is 1. The fraction of sp³-hybridized carbons (Fsp3) is 0.500. The Morgan fingerprint density at radius 1 is 1.23 bits per heavy atom. The molecule has 0 spiro atoms. The molecule has 0 saturated heterocycles. The van der Waals surface area contributed by atoms with Crippen LogP contribution >= 0.6 is 11.3 Å². The molecule has 0 fully saturated rings. The predicted molar refractivity (Wildman–Crippen MR) is 110 cm³/mol. The number of hydrogen-bond acceptors (Lipinski definition) is 3. The Bertz CT molecular complexity index is 755. The van der Waals surface area contributed by atoms with E-state index in [0.717, 1.165) is 13.0 Å². The molecule has 1 aromatic carbocycles. The number of hydrogen-bond donors (Lipinski definition) is 1. The van der Waals surface area contributed by atoms with Gasteiger partial charge >= 0.3 is 0 Å². The summed E-state index contributed by atoms with van der Waals surface area (Å²) in [5, 5.41) is 5.43. The maximum absolute atomic E-state index is 12.9. The molecule has 0 bridgehead atoms. The third-order valence-electron chi connectivity index (χ3n) is 5.04. The predicted octanol–water partition coefficient (Wildman–Crippen LogP) is 4.52. The summed E-state index contributed by atoms with van der Waals surface area (Å²) < 4.78 is 0. The zero-order valence-corrected chi connectivity index (χ0v) is 17.3. The first-order valence-electron chi connectivity index (χ1n) is 9.47. The van der Waals surface area contributed by atoms with E-state index in [1.165, 1.54) is 21.6 Å². The van der Waals surface area contributed by atoms with Crippen LogP contribution in [0.5, 0.6) is 0 Å². The highest BCUT2D eigenvalue weighted by Gasteiger charge is 2.32. The molecule has 1 amide bonds. The van der Waals surface area contributed by atoms with Crippen LogP contribution in [0.4, 0.5) is 0 Å². The van der Waals surface area contributed by atoms with Crippen LogP contribution in [0.2, 0.25) is 0 Å². The maximum atomic E-state index is 12.9. The van der Waals surface area contributed by atoms with Crippen molar-refractivity contribution in [3.63, 3.8) is 0 Å². The van der Waals surface area contributed by atoms with E-state index in [-0.39, 0.29) is 17.4 Å². The Labute approximate surface area is 161 Å². The molecule has 3 nitrogen and oxygen atoms in total. The molecule has 2 aromatic rings. The van der Waals surface area contributed by atoms with Gasteiger partial charge in [0.15, 0.2) is 0 Å². The quantitative estimate of drug-likeness (QED) is 0.858. The van der Waals surface area contributed by atoms with Crippen molar-refractivity contribution >= 4 is 17.2 Å². The van der Waals surface area contributed by atoms with Gasteiger partial charge in [0.2, 0.25) is 5.91 Å². The van der Waals surface area contributed by atoms with Crippen LogP contribution in [0, 0.1) is 0 Å². The minimum Gasteiger partial charge on any atom is -0.330 e. The normalized spacial score (nSPS) is 17.5. The highest BCUT2D eigenvalue weighted by molar-refractivity contribution is 7.10. The van der Waals surface area contributed by atoms with Crippen LogP contribution in [0.15, 0.2) is 35.7 Å². The van der Waals surface area contributed by atoms with Crippen molar-refractivity contribution in [1.82, 2.24) is 10.2 Å². The lowest BCUT2D eigenvalue weighted by Gasteiger charge is -2.37. The zero-order valence-electron chi connectivity index (χ0n) is 16.5. The third kappa shape index (κ3) is 4.02. The van der Waals surface area contributed by atoms with Gasteiger partial charge in [0, 0.05) is 17.5 Å². The topological polar surface area (TPSA) is 32.3 Å². The molecule has 0 radical (unpaired) electrons. The minimum absolute atomic E-state index is 0.0282. The fourth-order valence-electron chi connectivity index (χ4n) is 3.50. The van der Waals surface area contributed by atoms with Crippen molar-refractivity contribution in [2.24, 2.45) is 0 Å². The molecule has 1 N–H and O–H groups in total. The van der Waals surface area contributed by atoms with E-state index in [2.05, 4.69) is 80.5 Å². The summed E-state index contributed by atoms with van der Waals surface area (Å²) in [6.45, 7) is 12.0. The number of nitrogens with zero attached hydrogens (tertiary/aromatic N) is 1. The Balaban J connectivity index is 1.92. The second-order valence-electron chi connectivity index (χ2n) is 8.45. The van der Waals surface area contributed by atoms with Gasteiger partial charge in [-0.15, -0.1) is 11.3 Å². The summed E-state index contributed by atoms with van der Waals surface area (Å²) in [6.07, 6.45) is 0.955. The smallest absolute Gasteiger partial charge is 0.237 e. The van der Waals surface area contributed by atoms with E-state index in [9.17, 15) is 4.79 Å². The van der Waals surface area contributed by atoms with Crippen molar-refractivity contribution in [2.75, 3.05) is 13.1 Å². The first kappa shape index (κ1) is 19.1. The van der Waals surface area contributed by atoms with Gasteiger partial charge in [-0.25, -0.2) is 0 Å². The molecular weight excluding hydrogens is 340 g/mol. The lowest BCUT2D eigenvalue weighted by Crippen LogP contribution is -2.45. The van der Waals surface area contributed by atoms with Gasteiger partial charge < -0.3 is 10.2 Å². The first-order chi connectivity index (χ1) is 12.3. The second kappa shape index (κ2) is 7.53. The maximum Gasteiger partial charge on any atom is 0.237 e. The summed E-state index contributed by atoms with van der Waals surface area (Å²) in [5.74, 6) is 0.181. The van der Waals surface area contributed by atoms with Gasteiger partial charge in [-0.05, 0) is 40.0 Å². The van der Waals surface area contributed by atoms with E-state index in [1.54, 1.807) is 0 Å². The molecule has 2 heterocycles. The van der Waals surface area contributed by atoms with Crippen molar-refractivity contribution < 1.29 is 4.79 Å². The fourth-order valence-corrected chi connectivity index (χ4v) is 4.41. The third-order valence-corrected chi connectivity index (χ3v) is 6.04. The van der Waals surface area contributed by atoms with E-state index in [4.69, 9.17) is 0 Å². The Morgan fingerprint density at radius 3 is 2.54 bits per heavy atom. The Hall–Kier alpha value is -1.65. The molecule has 3 rings (SSSR count). The summed E-state index contributed by atoms with van der Waals surface area (Å²) in [5.41, 5.74) is 3.95. The molecule has 4 heteroatoms. The van der Waals surface area contributed by atoms with Gasteiger partial charge in [-0.1, -0.05) is 58.9 Å². The summed E-state index contributed by atoms with van der Waals surface area (Å²) in [6, 6.07) is 11.4. The van der Waals surface area contributed by atoms with Crippen LogP contribution < -0.4 is 5.32 Å². The van der Waals surface area contributed by atoms with Crippen LogP contribution in [0.1, 0.15) is 62.2 Å². The molecule has 1 atom stereocenters. The molecule has 0 saturated carbocycles. The highest BCUT2D eigenvalue weighted by Crippen LogP contribution is 2.38. The minimum atomic E-state index is 0.0282. The van der Waals surface area contributed by atoms with Crippen LogP contribution in [-0.4, -0.2) is 29.9 Å². The molecule has 1 aliphatic heterocycles. The number of thiophene rings is 1. The van der Waals surface area contributed by atoms with E-state index in [1.807, 2.05) is 11.3 Å². The standard InChI is InChI=1S/C22H30N2OS/c1-15(2)23-14-20(25)24-12-10-19-18(11-13-26-19)21(24)16-6-8-17(9-7-16)22(3,4)5/h6-9,11,13,15,21,23H,10,12,14H2,1-5H3. The average Bonchev–Trinajstić information content (AvgIpc) is 3.06. The molecule has 140 valence electrons. The monoisotopic (exact) mass is 370 g/mol. The van der Waals surface area contributed by atoms with Gasteiger partial charge in [-0.2, -0.15) is 0 Å². The Morgan fingerprint density at radius 2 is 1.92 bits per heavy atom. The van der Waals surface area contributed by atoms with Crippen molar-refractivity contribution in [2.45, 2.75) is 58.5 Å². The molecule has 1 unspecified atom stereocenters. The van der Waals surface area contributed by atoms with Crippen LogP contribution in [-0.2, 0) is 16.6 Å².